The lowest BCUT2D eigenvalue weighted by atomic mass is 10.1. The lowest BCUT2D eigenvalue weighted by molar-refractivity contribution is -0.496. The van der Waals surface area contributed by atoms with Crippen LogP contribution in [0.5, 0.6) is 0 Å². The van der Waals surface area contributed by atoms with Crippen molar-refractivity contribution in [3.63, 3.8) is 0 Å². The molecule has 0 radical (unpaired) electrons. The van der Waals surface area contributed by atoms with Gasteiger partial charge in [-0.3, -0.25) is 10.1 Å². The van der Waals surface area contributed by atoms with Crippen molar-refractivity contribution >= 4 is 0 Å². The Morgan fingerprint density at radius 1 is 1.25 bits per heavy atom. The summed E-state index contributed by atoms with van der Waals surface area (Å²) in [6.07, 6.45) is 0.971. The van der Waals surface area contributed by atoms with Crippen molar-refractivity contribution in [2.45, 2.75) is 19.9 Å². The number of aryl methyl sites for hydroxylation is 1. The number of nitrogens with zero attached hydrogens (tertiary/aromatic N) is 1. The molecule has 64 valence electrons. The van der Waals surface area contributed by atoms with Gasteiger partial charge in [0.2, 0.25) is 6.54 Å². The van der Waals surface area contributed by atoms with Crippen molar-refractivity contribution in [2.24, 2.45) is 0 Å². The third kappa shape index (κ3) is 2.34. The average Bonchev–Trinajstić information content (AvgIpc) is 2.05. The molecule has 0 aliphatic heterocycles. The van der Waals surface area contributed by atoms with Gasteiger partial charge < -0.3 is 0 Å². The second-order valence-corrected chi connectivity index (χ2v) is 2.66. The summed E-state index contributed by atoms with van der Waals surface area (Å²) in [6.45, 7) is 1.98. The van der Waals surface area contributed by atoms with E-state index in [-0.39, 0.29) is 11.5 Å². The van der Waals surface area contributed by atoms with Crippen LogP contribution in [0.3, 0.4) is 0 Å². The minimum atomic E-state index is -0.318. The van der Waals surface area contributed by atoms with E-state index in [2.05, 4.69) is 6.92 Å². The van der Waals surface area contributed by atoms with Gasteiger partial charge in [-0.25, -0.2) is 0 Å². The number of hydrogen-bond acceptors (Lipinski definition) is 2. The van der Waals surface area contributed by atoms with E-state index in [1.165, 1.54) is 5.56 Å². The number of benzene rings is 1. The monoisotopic (exact) mass is 165 g/mol. The molecule has 0 saturated heterocycles. The zero-order valence-corrected chi connectivity index (χ0v) is 6.99. The number of nitro groups is 1. The van der Waals surface area contributed by atoms with E-state index in [4.69, 9.17) is 0 Å². The highest BCUT2D eigenvalue weighted by atomic mass is 16.6. The largest absolute Gasteiger partial charge is 0.264 e. The summed E-state index contributed by atoms with van der Waals surface area (Å²) in [7, 11) is 0. The molecule has 0 atom stereocenters. The average molecular weight is 165 g/mol. The molecule has 1 aromatic carbocycles. The molecule has 0 aromatic heterocycles. The molecule has 0 unspecified atom stereocenters. The van der Waals surface area contributed by atoms with Crippen LogP contribution in [0.15, 0.2) is 24.3 Å². The van der Waals surface area contributed by atoms with Crippen LogP contribution in [-0.4, -0.2) is 4.92 Å². The fourth-order valence-corrected chi connectivity index (χ4v) is 1.03. The van der Waals surface area contributed by atoms with Crippen molar-refractivity contribution < 1.29 is 4.92 Å². The summed E-state index contributed by atoms with van der Waals surface area (Å²) in [4.78, 5) is 9.81. The second-order valence-electron chi connectivity index (χ2n) is 2.66. The van der Waals surface area contributed by atoms with Crippen LogP contribution >= 0.6 is 0 Å². The Morgan fingerprint density at radius 3 is 2.17 bits per heavy atom. The summed E-state index contributed by atoms with van der Waals surface area (Å²) >= 11 is 0. The molecule has 1 rings (SSSR count). The molecule has 0 fully saturated rings. The molecule has 0 N–H and O–H groups in total. The highest BCUT2D eigenvalue weighted by Crippen LogP contribution is 2.05. The first-order valence-electron chi connectivity index (χ1n) is 3.92. The maximum absolute atomic E-state index is 10.1. The van der Waals surface area contributed by atoms with Crippen molar-refractivity contribution in [2.75, 3.05) is 0 Å². The van der Waals surface area contributed by atoms with Crippen LogP contribution < -0.4 is 0 Å². The van der Waals surface area contributed by atoms with Gasteiger partial charge in [0.15, 0.2) is 0 Å². The Balaban J connectivity index is 2.71. The maximum atomic E-state index is 10.1. The van der Waals surface area contributed by atoms with Crippen LogP contribution in [0.25, 0.3) is 0 Å². The van der Waals surface area contributed by atoms with Gasteiger partial charge in [-0.15, -0.1) is 0 Å². The molecule has 0 aliphatic rings. The Morgan fingerprint density at radius 2 is 1.75 bits per heavy atom. The van der Waals surface area contributed by atoms with Crippen molar-refractivity contribution in [3.05, 3.63) is 45.5 Å². The van der Waals surface area contributed by atoms with Crippen LogP contribution in [0, 0.1) is 10.1 Å². The molecule has 0 heterocycles. The van der Waals surface area contributed by atoms with E-state index in [0.717, 1.165) is 12.0 Å². The summed E-state index contributed by atoms with van der Waals surface area (Å²) in [6, 6.07) is 7.47. The Hall–Kier alpha value is -1.38. The molecular weight excluding hydrogens is 154 g/mol. The summed E-state index contributed by atoms with van der Waals surface area (Å²) in [5.74, 6) is 0. The Labute approximate surface area is 71.2 Å². The lowest BCUT2D eigenvalue weighted by Gasteiger charge is -1.97. The molecule has 0 aliphatic carbocycles. The van der Waals surface area contributed by atoms with Gasteiger partial charge in [-0.1, -0.05) is 31.2 Å². The van der Waals surface area contributed by atoms with Crippen LogP contribution in [-0.2, 0) is 13.0 Å². The van der Waals surface area contributed by atoms with E-state index in [9.17, 15) is 10.1 Å². The highest BCUT2D eigenvalue weighted by Gasteiger charge is 1.99. The minimum absolute atomic E-state index is 0.0794. The van der Waals surface area contributed by atoms with E-state index >= 15 is 0 Å². The quantitative estimate of drug-likeness (QED) is 0.508. The zero-order chi connectivity index (χ0) is 8.97. The van der Waals surface area contributed by atoms with E-state index in [1.54, 1.807) is 0 Å². The van der Waals surface area contributed by atoms with Gasteiger partial charge in [0.1, 0.15) is 0 Å². The summed E-state index contributed by atoms with van der Waals surface area (Å²) in [5, 5.41) is 10.1. The first-order valence-corrected chi connectivity index (χ1v) is 3.92. The normalized spacial score (nSPS) is 9.75. The van der Waals surface area contributed by atoms with Crippen LogP contribution in [0.2, 0.25) is 0 Å². The summed E-state index contributed by atoms with van der Waals surface area (Å²) < 4.78 is 0. The zero-order valence-electron chi connectivity index (χ0n) is 6.99. The topological polar surface area (TPSA) is 43.1 Å². The van der Waals surface area contributed by atoms with Crippen LogP contribution in [0.4, 0.5) is 0 Å². The van der Waals surface area contributed by atoms with Gasteiger partial charge in [-0.05, 0) is 12.0 Å². The molecule has 0 saturated carbocycles. The van der Waals surface area contributed by atoms with Crippen molar-refractivity contribution in [3.8, 4) is 0 Å². The smallest absolute Gasteiger partial charge is 0.228 e. The molecule has 3 nitrogen and oxygen atoms in total. The van der Waals surface area contributed by atoms with Gasteiger partial charge >= 0.3 is 0 Å². The second kappa shape index (κ2) is 3.85. The molecule has 0 bridgehead atoms. The van der Waals surface area contributed by atoms with Gasteiger partial charge in [0.05, 0.1) is 0 Å². The van der Waals surface area contributed by atoms with E-state index in [1.807, 2.05) is 24.3 Å². The minimum Gasteiger partial charge on any atom is -0.264 e. The predicted octanol–water partition coefficient (Wildman–Crippen LogP) is 2.03. The summed E-state index contributed by atoms with van der Waals surface area (Å²) in [5.41, 5.74) is 1.97. The van der Waals surface area contributed by atoms with Crippen molar-refractivity contribution in [1.29, 1.82) is 0 Å². The highest BCUT2D eigenvalue weighted by molar-refractivity contribution is 5.21. The molecule has 12 heavy (non-hydrogen) atoms. The van der Waals surface area contributed by atoms with Gasteiger partial charge in [-0.2, -0.15) is 0 Å². The molecule has 3 heteroatoms. The van der Waals surface area contributed by atoms with E-state index in [0.29, 0.717) is 0 Å². The fraction of sp³-hybridized carbons (Fsp3) is 0.333. The van der Waals surface area contributed by atoms with Gasteiger partial charge in [0.25, 0.3) is 0 Å². The molecule has 1 aromatic rings. The Kier molecular flexibility index (Phi) is 2.80. The fourth-order valence-electron chi connectivity index (χ4n) is 1.03. The van der Waals surface area contributed by atoms with Crippen molar-refractivity contribution in [1.82, 2.24) is 0 Å². The SMILES string of the molecule is CCc1ccc(C[N+](=O)[O-])cc1. The third-order valence-electron chi connectivity index (χ3n) is 1.74. The van der Waals surface area contributed by atoms with Gasteiger partial charge in [0, 0.05) is 10.5 Å². The molecule has 0 amide bonds. The standard InChI is InChI=1S/C9H11NO2/c1-2-8-3-5-9(6-4-8)7-10(11)12/h3-6H,2,7H2,1H3. The molecular formula is C9H11NO2. The first kappa shape index (κ1) is 8.71. The third-order valence-corrected chi connectivity index (χ3v) is 1.74. The maximum Gasteiger partial charge on any atom is 0.228 e. The first-order chi connectivity index (χ1) is 5.72. The lowest BCUT2D eigenvalue weighted by Crippen LogP contribution is -1.97. The Bertz CT molecular complexity index is 266. The number of hydrogen-bond donors (Lipinski definition) is 0. The van der Waals surface area contributed by atoms with Crippen LogP contribution in [0.1, 0.15) is 18.1 Å². The number of rotatable bonds is 3. The van der Waals surface area contributed by atoms with E-state index < -0.39 is 0 Å². The predicted molar refractivity (Wildman–Crippen MR) is 46.5 cm³/mol. The molecule has 0 spiro atoms.